The van der Waals surface area contributed by atoms with Gasteiger partial charge in [0.25, 0.3) is 0 Å². The maximum atomic E-state index is 12.0. The first-order valence-electron chi connectivity index (χ1n) is 7.56. The molecule has 0 unspecified atom stereocenters. The number of thioether (sulfide) groups is 1. The van der Waals surface area contributed by atoms with Crippen LogP contribution < -0.4 is 5.32 Å². The number of tetrazole rings is 1. The lowest BCUT2D eigenvalue weighted by molar-refractivity contribution is -0.118. The van der Waals surface area contributed by atoms with Crippen molar-refractivity contribution in [3.8, 4) is 5.69 Å². The van der Waals surface area contributed by atoms with Gasteiger partial charge in [-0.1, -0.05) is 23.9 Å². The van der Waals surface area contributed by atoms with Gasteiger partial charge in [0.2, 0.25) is 11.1 Å². The molecule has 0 fully saturated rings. The second-order valence-corrected chi connectivity index (χ2v) is 7.03. The molecule has 1 aromatic carbocycles. The number of amides is 1. The van der Waals surface area contributed by atoms with Crippen LogP contribution in [0.2, 0.25) is 0 Å². The summed E-state index contributed by atoms with van der Waals surface area (Å²) < 4.78 is 6.19. The van der Waals surface area contributed by atoms with Crippen molar-refractivity contribution in [1.82, 2.24) is 25.5 Å². The van der Waals surface area contributed by atoms with Crippen molar-refractivity contribution in [3.63, 3.8) is 0 Å². The summed E-state index contributed by atoms with van der Waals surface area (Å²) in [6.07, 6.45) is 0. The normalized spacial score (nSPS) is 10.5. The van der Waals surface area contributed by atoms with E-state index in [-0.39, 0.29) is 11.7 Å². The Morgan fingerprint density at radius 1 is 1.31 bits per heavy atom. The quantitative estimate of drug-likeness (QED) is 0.487. The molecule has 0 spiro atoms. The van der Waals surface area contributed by atoms with E-state index in [0.717, 1.165) is 4.88 Å². The number of rotatable bonds is 7. The molecule has 3 aromatic rings. The van der Waals surface area contributed by atoms with E-state index in [4.69, 9.17) is 4.74 Å². The number of carbonyl (C=O) groups excluding carboxylic acids is 2. The van der Waals surface area contributed by atoms with Gasteiger partial charge < -0.3 is 10.1 Å². The van der Waals surface area contributed by atoms with Crippen molar-refractivity contribution in [1.29, 1.82) is 0 Å². The van der Waals surface area contributed by atoms with E-state index in [1.165, 1.54) is 23.6 Å². The number of benzene rings is 1. The molecule has 0 aliphatic heterocycles. The van der Waals surface area contributed by atoms with E-state index in [1.54, 1.807) is 35.6 Å². The van der Waals surface area contributed by atoms with E-state index in [2.05, 4.69) is 20.8 Å². The fourth-order valence-corrected chi connectivity index (χ4v) is 3.46. The maximum absolute atomic E-state index is 12.0. The summed E-state index contributed by atoms with van der Waals surface area (Å²) >= 11 is 2.81. The first-order chi connectivity index (χ1) is 12.7. The fourth-order valence-electron chi connectivity index (χ4n) is 2.09. The highest BCUT2D eigenvalue weighted by Gasteiger charge is 2.13. The molecule has 10 heteroatoms. The highest BCUT2D eigenvalue weighted by molar-refractivity contribution is 7.99. The van der Waals surface area contributed by atoms with Gasteiger partial charge >= 0.3 is 5.97 Å². The van der Waals surface area contributed by atoms with Crippen LogP contribution in [-0.4, -0.2) is 44.9 Å². The summed E-state index contributed by atoms with van der Waals surface area (Å²) in [6, 6.07) is 10.7. The first kappa shape index (κ1) is 18.1. The number of nitrogens with zero attached hydrogens (tertiary/aromatic N) is 4. The van der Waals surface area contributed by atoms with E-state index in [0.29, 0.717) is 23.0 Å². The lowest BCUT2D eigenvalue weighted by atomic mass is 10.2. The third-order valence-electron chi connectivity index (χ3n) is 3.32. The van der Waals surface area contributed by atoms with Crippen LogP contribution in [0, 0.1) is 0 Å². The van der Waals surface area contributed by atoms with Gasteiger partial charge in [-0.05, 0) is 40.1 Å². The van der Waals surface area contributed by atoms with Gasteiger partial charge in [-0.15, -0.1) is 16.4 Å². The van der Waals surface area contributed by atoms with E-state index in [9.17, 15) is 9.59 Å². The topological polar surface area (TPSA) is 99.0 Å². The van der Waals surface area contributed by atoms with Gasteiger partial charge in [0.15, 0.2) is 0 Å². The van der Waals surface area contributed by atoms with Crippen molar-refractivity contribution in [3.05, 3.63) is 52.2 Å². The average Bonchev–Trinajstić information content (AvgIpc) is 3.35. The molecule has 0 bridgehead atoms. The Morgan fingerprint density at radius 2 is 2.19 bits per heavy atom. The zero-order valence-corrected chi connectivity index (χ0v) is 15.4. The Bertz CT molecular complexity index is 895. The second-order valence-electron chi connectivity index (χ2n) is 5.06. The molecule has 0 radical (unpaired) electrons. The Labute approximate surface area is 157 Å². The van der Waals surface area contributed by atoms with Gasteiger partial charge in [-0.25, -0.2) is 4.79 Å². The number of carbonyl (C=O) groups is 2. The summed E-state index contributed by atoms with van der Waals surface area (Å²) in [5.41, 5.74) is 1.00. The predicted octanol–water partition coefficient (Wildman–Crippen LogP) is 1.92. The van der Waals surface area contributed by atoms with Crippen LogP contribution in [0.1, 0.15) is 15.2 Å². The van der Waals surface area contributed by atoms with Crippen LogP contribution in [0.5, 0.6) is 0 Å². The molecule has 0 saturated heterocycles. The van der Waals surface area contributed by atoms with Gasteiger partial charge in [-0.3, -0.25) is 4.79 Å². The Morgan fingerprint density at radius 3 is 2.96 bits per heavy atom. The minimum atomic E-state index is -0.443. The third-order valence-corrected chi connectivity index (χ3v) is 5.12. The standard InChI is InChI=1S/C16H15N5O3S2/c1-24-15(23)11-4-2-5-12(8-11)21-16(18-19-20-21)26-10-14(22)17-9-13-6-3-7-25-13/h2-8H,9-10H2,1H3,(H,17,22). The molecule has 0 aliphatic carbocycles. The third kappa shape index (κ3) is 4.46. The molecule has 0 aliphatic rings. The van der Waals surface area contributed by atoms with Crippen molar-refractivity contribution in [2.45, 2.75) is 11.7 Å². The van der Waals surface area contributed by atoms with E-state index < -0.39 is 5.97 Å². The van der Waals surface area contributed by atoms with Gasteiger partial charge in [0.1, 0.15) is 0 Å². The van der Waals surface area contributed by atoms with Gasteiger partial charge in [0, 0.05) is 4.88 Å². The smallest absolute Gasteiger partial charge is 0.337 e. The number of esters is 1. The molecule has 2 heterocycles. The molecule has 0 saturated carbocycles. The highest BCUT2D eigenvalue weighted by atomic mass is 32.2. The van der Waals surface area contributed by atoms with E-state index >= 15 is 0 Å². The first-order valence-corrected chi connectivity index (χ1v) is 9.43. The number of thiophene rings is 1. The number of ether oxygens (including phenoxy) is 1. The molecule has 26 heavy (non-hydrogen) atoms. The van der Waals surface area contributed by atoms with E-state index in [1.807, 2.05) is 17.5 Å². The minimum absolute atomic E-state index is 0.110. The lowest BCUT2D eigenvalue weighted by Crippen LogP contribution is -2.24. The zero-order chi connectivity index (χ0) is 18.4. The molecular weight excluding hydrogens is 374 g/mol. The van der Waals surface area contributed by atoms with Crippen LogP contribution in [0.25, 0.3) is 5.69 Å². The molecule has 0 atom stereocenters. The summed E-state index contributed by atoms with van der Waals surface area (Å²) in [6.45, 7) is 0.503. The minimum Gasteiger partial charge on any atom is -0.465 e. The van der Waals surface area contributed by atoms with Crippen molar-refractivity contribution >= 4 is 35.0 Å². The second kappa shape index (κ2) is 8.59. The molecule has 3 rings (SSSR count). The largest absolute Gasteiger partial charge is 0.465 e. The van der Waals surface area contributed by atoms with Gasteiger partial charge in [0.05, 0.1) is 30.7 Å². The zero-order valence-electron chi connectivity index (χ0n) is 13.8. The van der Waals surface area contributed by atoms with Crippen LogP contribution in [0.15, 0.2) is 46.9 Å². The molecule has 2 aromatic heterocycles. The summed E-state index contributed by atoms with van der Waals surface area (Å²) in [5, 5.41) is 16.8. The van der Waals surface area contributed by atoms with Crippen LogP contribution in [0.3, 0.4) is 0 Å². The average molecular weight is 389 g/mol. The van der Waals surface area contributed by atoms with Crippen LogP contribution in [0.4, 0.5) is 0 Å². The molecule has 8 nitrogen and oxygen atoms in total. The van der Waals surface area contributed by atoms with Crippen molar-refractivity contribution in [2.75, 3.05) is 12.9 Å². The molecule has 134 valence electrons. The number of aromatic nitrogens is 4. The monoisotopic (exact) mass is 389 g/mol. The highest BCUT2D eigenvalue weighted by Crippen LogP contribution is 2.19. The molecular formula is C16H15N5O3S2. The van der Waals surface area contributed by atoms with Gasteiger partial charge in [-0.2, -0.15) is 4.68 Å². The Balaban J connectivity index is 1.63. The summed E-state index contributed by atoms with van der Waals surface area (Å²) in [4.78, 5) is 24.8. The number of nitrogens with one attached hydrogen (secondary N) is 1. The molecule has 1 N–H and O–H groups in total. The SMILES string of the molecule is COC(=O)c1cccc(-n2nnnc2SCC(=O)NCc2cccs2)c1. The Kier molecular flexibility index (Phi) is 5.97. The summed E-state index contributed by atoms with van der Waals surface area (Å²) in [5.74, 6) is -0.369. The lowest BCUT2D eigenvalue weighted by Gasteiger charge is -2.06. The van der Waals surface area contributed by atoms with Crippen molar-refractivity contribution < 1.29 is 14.3 Å². The molecule has 1 amide bonds. The number of hydrogen-bond acceptors (Lipinski definition) is 8. The maximum Gasteiger partial charge on any atom is 0.337 e. The fraction of sp³-hybridized carbons (Fsp3) is 0.188. The van der Waals surface area contributed by atoms with Crippen molar-refractivity contribution in [2.24, 2.45) is 0 Å². The summed E-state index contributed by atoms with van der Waals surface area (Å²) in [7, 11) is 1.32. The van der Waals surface area contributed by atoms with Crippen LogP contribution in [-0.2, 0) is 16.1 Å². The number of hydrogen-bond donors (Lipinski definition) is 1. The number of methoxy groups -OCH3 is 1. The van der Waals surface area contributed by atoms with Crippen LogP contribution >= 0.6 is 23.1 Å². The predicted molar refractivity (Wildman–Crippen MR) is 97.4 cm³/mol. The Hall–Kier alpha value is -2.72.